The first kappa shape index (κ1) is 18.8. The first-order valence-electron chi connectivity index (χ1n) is 7.75. The highest BCUT2D eigenvalue weighted by atomic mass is 35.5. The van der Waals surface area contributed by atoms with E-state index in [-0.39, 0.29) is 0 Å². The minimum atomic E-state index is -0.792. The molecule has 1 heterocycles. The summed E-state index contributed by atoms with van der Waals surface area (Å²) in [4.78, 5) is 24.2. The Kier molecular flexibility index (Phi) is 5.69. The maximum Gasteiger partial charge on any atom is 0.408 e. The summed E-state index contributed by atoms with van der Waals surface area (Å²) in [5.74, 6) is -0.401. The average molecular weight is 365 g/mol. The van der Waals surface area contributed by atoms with Crippen LogP contribution in [0.15, 0.2) is 36.7 Å². The third-order valence-corrected chi connectivity index (χ3v) is 3.33. The summed E-state index contributed by atoms with van der Waals surface area (Å²) in [5, 5.41) is 9.87. The van der Waals surface area contributed by atoms with Gasteiger partial charge in [-0.3, -0.25) is 4.79 Å². The summed E-state index contributed by atoms with van der Waals surface area (Å²) in [6, 6.07) is 6.05. The second kappa shape index (κ2) is 7.57. The van der Waals surface area contributed by atoms with Crippen LogP contribution in [0, 0.1) is 0 Å². The van der Waals surface area contributed by atoms with E-state index in [2.05, 4.69) is 15.7 Å². The van der Waals surface area contributed by atoms with Gasteiger partial charge in [0.1, 0.15) is 11.6 Å². The molecule has 1 aromatic heterocycles. The maximum atomic E-state index is 12.4. The molecule has 0 fully saturated rings. The monoisotopic (exact) mass is 364 g/mol. The van der Waals surface area contributed by atoms with Crippen LogP contribution in [-0.4, -0.2) is 33.4 Å². The maximum absolute atomic E-state index is 12.4. The molecule has 25 heavy (non-hydrogen) atoms. The SMILES string of the molecule is C[C@@H](NC(=O)OC(C)(C)C)C(=O)Nc1cc(Cl)ccc1-n1cccn1. The normalized spacial score (nSPS) is 12.4. The molecule has 1 atom stereocenters. The molecule has 0 radical (unpaired) electrons. The van der Waals surface area contributed by atoms with Gasteiger partial charge in [-0.25, -0.2) is 9.48 Å². The average Bonchev–Trinajstić information content (AvgIpc) is 2.99. The fourth-order valence-corrected chi connectivity index (χ4v) is 2.18. The van der Waals surface area contributed by atoms with E-state index in [0.717, 1.165) is 0 Å². The Hall–Kier alpha value is -2.54. The molecule has 2 amide bonds. The van der Waals surface area contributed by atoms with E-state index in [9.17, 15) is 9.59 Å². The van der Waals surface area contributed by atoms with Crippen molar-refractivity contribution in [2.24, 2.45) is 0 Å². The number of benzene rings is 1. The zero-order chi connectivity index (χ0) is 18.6. The second-order valence-electron chi connectivity index (χ2n) is 6.47. The molecule has 0 saturated heterocycles. The predicted octanol–water partition coefficient (Wildman–Crippen LogP) is 3.38. The number of aromatic nitrogens is 2. The van der Waals surface area contributed by atoms with Crippen molar-refractivity contribution in [3.63, 3.8) is 0 Å². The molecule has 2 rings (SSSR count). The predicted molar refractivity (Wildman–Crippen MR) is 96.0 cm³/mol. The molecule has 0 aliphatic heterocycles. The van der Waals surface area contributed by atoms with Gasteiger partial charge in [0, 0.05) is 17.4 Å². The Morgan fingerprint density at radius 3 is 2.64 bits per heavy atom. The standard InChI is InChI=1S/C17H21ClN4O3/c1-11(20-16(24)25-17(2,3)4)15(23)21-13-10-12(18)6-7-14(13)22-9-5-8-19-22/h5-11H,1-4H3,(H,20,24)(H,21,23)/t11-/m1/s1. The fourth-order valence-electron chi connectivity index (χ4n) is 2.01. The van der Waals surface area contributed by atoms with E-state index in [1.165, 1.54) is 0 Å². The molecular weight excluding hydrogens is 344 g/mol. The molecule has 0 spiro atoms. The van der Waals surface area contributed by atoms with Crippen LogP contribution in [0.1, 0.15) is 27.7 Å². The molecule has 0 unspecified atom stereocenters. The van der Waals surface area contributed by atoms with Crippen molar-refractivity contribution < 1.29 is 14.3 Å². The summed E-state index contributed by atoms with van der Waals surface area (Å²) in [5.41, 5.74) is 0.506. The Balaban J connectivity index is 2.10. The van der Waals surface area contributed by atoms with E-state index in [4.69, 9.17) is 16.3 Å². The quantitative estimate of drug-likeness (QED) is 0.870. The first-order valence-corrected chi connectivity index (χ1v) is 8.13. The number of nitrogens with zero attached hydrogens (tertiary/aromatic N) is 2. The molecule has 1 aromatic carbocycles. The van der Waals surface area contributed by atoms with Crippen molar-refractivity contribution in [2.45, 2.75) is 39.3 Å². The van der Waals surface area contributed by atoms with Crippen LogP contribution in [0.5, 0.6) is 0 Å². The number of hydrogen-bond donors (Lipinski definition) is 2. The molecule has 8 heteroatoms. The Labute approximate surface area is 151 Å². The zero-order valence-corrected chi connectivity index (χ0v) is 15.3. The highest BCUT2D eigenvalue weighted by molar-refractivity contribution is 6.31. The second-order valence-corrected chi connectivity index (χ2v) is 6.91. The number of rotatable bonds is 4. The fraction of sp³-hybridized carbons (Fsp3) is 0.353. The van der Waals surface area contributed by atoms with Gasteiger partial charge in [-0.1, -0.05) is 11.6 Å². The molecule has 134 valence electrons. The lowest BCUT2D eigenvalue weighted by molar-refractivity contribution is -0.117. The van der Waals surface area contributed by atoms with Gasteiger partial charge in [0.2, 0.25) is 5.91 Å². The molecule has 0 aliphatic carbocycles. The lowest BCUT2D eigenvalue weighted by Crippen LogP contribution is -2.44. The number of halogens is 1. The van der Waals surface area contributed by atoms with Gasteiger partial charge in [-0.05, 0) is 52.0 Å². The van der Waals surface area contributed by atoms with Gasteiger partial charge in [-0.2, -0.15) is 5.10 Å². The first-order chi connectivity index (χ1) is 11.7. The number of amides is 2. The highest BCUT2D eigenvalue weighted by Gasteiger charge is 2.21. The molecule has 2 aromatic rings. The van der Waals surface area contributed by atoms with E-state index < -0.39 is 23.6 Å². The Morgan fingerprint density at radius 1 is 1.32 bits per heavy atom. The van der Waals surface area contributed by atoms with Crippen LogP contribution >= 0.6 is 11.6 Å². The van der Waals surface area contributed by atoms with Crippen LogP contribution in [0.25, 0.3) is 5.69 Å². The number of ether oxygens (including phenoxy) is 1. The van der Waals surface area contributed by atoms with Crippen molar-refractivity contribution in [1.82, 2.24) is 15.1 Å². The molecule has 0 bridgehead atoms. The molecule has 0 saturated carbocycles. The van der Waals surface area contributed by atoms with Crippen molar-refractivity contribution in [3.05, 3.63) is 41.7 Å². The van der Waals surface area contributed by atoms with Crippen LogP contribution < -0.4 is 10.6 Å². The number of hydrogen-bond acceptors (Lipinski definition) is 4. The lowest BCUT2D eigenvalue weighted by Gasteiger charge is -2.22. The topological polar surface area (TPSA) is 85.2 Å². The van der Waals surface area contributed by atoms with E-state index in [0.29, 0.717) is 16.4 Å². The minimum Gasteiger partial charge on any atom is -0.444 e. The summed E-state index contributed by atoms with van der Waals surface area (Å²) in [6.07, 6.45) is 2.72. The summed E-state index contributed by atoms with van der Waals surface area (Å²) < 4.78 is 6.75. The van der Waals surface area contributed by atoms with Crippen LogP contribution in [0.4, 0.5) is 10.5 Å². The summed E-state index contributed by atoms with van der Waals surface area (Å²) >= 11 is 6.03. The van der Waals surface area contributed by atoms with Crippen LogP contribution in [0.2, 0.25) is 5.02 Å². The Morgan fingerprint density at radius 2 is 2.04 bits per heavy atom. The number of anilines is 1. The minimum absolute atomic E-state index is 0.401. The van der Waals surface area contributed by atoms with Crippen molar-refractivity contribution in [3.8, 4) is 5.69 Å². The highest BCUT2D eigenvalue weighted by Crippen LogP contribution is 2.24. The van der Waals surface area contributed by atoms with Gasteiger partial charge >= 0.3 is 6.09 Å². The third kappa shape index (κ3) is 5.49. The van der Waals surface area contributed by atoms with Gasteiger partial charge in [0.25, 0.3) is 0 Å². The number of carbonyl (C=O) groups excluding carboxylic acids is 2. The number of nitrogens with one attached hydrogen (secondary N) is 2. The van der Waals surface area contributed by atoms with Gasteiger partial charge in [-0.15, -0.1) is 0 Å². The number of alkyl carbamates (subject to hydrolysis) is 1. The zero-order valence-electron chi connectivity index (χ0n) is 14.5. The molecule has 0 aliphatic rings. The third-order valence-electron chi connectivity index (χ3n) is 3.09. The summed E-state index contributed by atoms with van der Waals surface area (Å²) in [6.45, 7) is 6.82. The van der Waals surface area contributed by atoms with E-state index in [1.807, 2.05) is 0 Å². The summed E-state index contributed by atoms with van der Waals surface area (Å²) in [7, 11) is 0. The molecule has 7 nitrogen and oxygen atoms in total. The van der Waals surface area contributed by atoms with Gasteiger partial charge in [0.05, 0.1) is 11.4 Å². The molecular formula is C17H21ClN4O3. The Bertz CT molecular complexity index is 754. The van der Waals surface area contributed by atoms with Crippen molar-refractivity contribution in [1.29, 1.82) is 0 Å². The van der Waals surface area contributed by atoms with Crippen molar-refractivity contribution >= 4 is 29.3 Å². The smallest absolute Gasteiger partial charge is 0.408 e. The number of carbonyl (C=O) groups is 2. The van der Waals surface area contributed by atoms with E-state index in [1.54, 1.807) is 69.0 Å². The van der Waals surface area contributed by atoms with Gasteiger partial charge in [0.15, 0.2) is 0 Å². The van der Waals surface area contributed by atoms with Crippen LogP contribution in [-0.2, 0) is 9.53 Å². The largest absolute Gasteiger partial charge is 0.444 e. The van der Waals surface area contributed by atoms with Crippen molar-refractivity contribution in [2.75, 3.05) is 5.32 Å². The molecule has 2 N–H and O–H groups in total. The lowest BCUT2D eigenvalue weighted by atomic mass is 10.2. The van der Waals surface area contributed by atoms with E-state index >= 15 is 0 Å². The van der Waals surface area contributed by atoms with Crippen LogP contribution in [0.3, 0.4) is 0 Å². The van der Waals surface area contributed by atoms with Gasteiger partial charge < -0.3 is 15.4 Å².